The van der Waals surface area contributed by atoms with Gasteiger partial charge in [0.2, 0.25) is 0 Å². The lowest BCUT2D eigenvalue weighted by Gasteiger charge is -2.07. The molecule has 2 heterocycles. The van der Waals surface area contributed by atoms with Crippen LogP contribution < -0.4 is 0 Å². The lowest BCUT2D eigenvalue weighted by atomic mass is 10.1. The maximum absolute atomic E-state index is 6.39. The minimum atomic E-state index is 0.395. The Bertz CT molecular complexity index is 1090. The smallest absolute Gasteiger partial charge is 0.150 e. The van der Waals surface area contributed by atoms with Crippen molar-refractivity contribution in [2.75, 3.05) is 0 Å². The van der Waals surface area contributed by atoms with E-state index in [4.69, 9.17) is 34.8 Å². The lowest BCUT2D eigenvalue weighted by molar-refractivity contribution is 1.08. The van der Waals surface area contributed by atoms with E-state index in [1.54, 1.807) is 12.1 Å². The molecule has 0 radical (unpaired) electrons. The molecule has 0 bridgehead atoms. The van der Waals surface area contributed by atoms with Crippen molar-refractivity contribution in [2.24, 2.45) is 0 Å². The molecule has 25 heavy (non-hydrogen) atoms. The number of benzene rings is 2. The van der Waals surface area contributed by atoms with Crippen LogP contribution in [0.4, 0.5) is 0 Å². The summed E-state index contributed by atoms with van der Waals surface area (Å²) in [4.78, 5) is 8.54. The molecule has 0 amide bonds. The average Bonchev–Trinajstić information content (AvgIpc) is 2.96. The zero-order valence-electron chi connectivity index (χ0n) is 12.5. The molecule has 0 aliphatic rings. The van der Waals surface area contributed by atoms with Crippen molar-refractivity contribution < 1.29 is 0 Å². The summed E-state index contributed by atoms with van der Waals surface area (Å²) in [5.41, 5.74) is 3.39. The number of rotatable bonds is 2. The largest absolute Gasteiger partial charge is 0.299 e. The molecule has 0 saturated carbocycles. The molecule has 4 rings (SSSR count). The molecule has 0 aliphatic carbocycles. The van der Waals surface area contributed by atoms with E-state index in [2.05, 4.69) is 25.9 Å². The van der Waals surface area contributed by atoms with Crippen LogP contribution in [0.3, 0.4) is 0 Å². The van der Waals surface area contributed by atoms with Gasteiger partial charge in [-0.25, -0.2) is 9.97 Å². The fourth-order valence-electron chi connectivity index (χ4n) is 2.73. The minimum absolute atomic E-state index is 0.395. The maximum atomic E-state index is 6.39. The Morgan fingerprint density at radius 1 is 0.920 bits per heavy atom. The SMILES string of the molecule is Clc1ccc(-n2cc(-c3ccc(Br)cc3)c3c(Cl)ncnc32)c(Cl)c1. The Kier molecular flexibility index (Phi) is 4.46. The summed E-state index contributed by atoms with van der Waals surface area (Å²) in [7, 11) is 0. The van der Waals surface area contributed by atoms with E-state index in [0.29, 0.717) is 20.8 Å². The lowest BCUT2D eigenvalue weighted by Crippen LogP contribution is -1.95. The van der Waals surface area contributed by atoms with Crippen molar-refractivity contribution in [3.05, 3.63) is 74.7 Å². The normalized spacial score (nSPS) is 11.2. The second-order valence-corrected chi connectivity index (χ2v) is 7.50. The van der Waals surface area contributed by atoms with Gasteiger partial charge in [0.1, 0.15) is 17.1 Å². The van der Waals surface area contributed by atoms with E-state index in [1.807, 2.05) is 41.1 Å². The first-order valence-corrected chi connectivity index (χ1v) is 9.20. The van der Waals surface area contributed by atoms with E-state index in [9.17, 15) is 0 Å². The van der Waals surface area contributed by atoms with Gasteiger partial charge in [-0.15, -0.1) is 0 Å². The molecule has 0 unspecified atom stereocenters. The standard InChI is InChI=1S/C18H9BrCl3N3/c19-11-3-1-10(2-4-11)13-8-25(15-6-5-12(20)7-14(15)21)18-16(13)17(22)23-9-24-18/h1-9H. The van der Waals surface area contributed by atoms with Crippen LogP contribution >= 0.6 is 50.7 Å². The Balaban J connectivity index is 2.04. The van der Waals surface area contributed by atoms with Crippen LogP contribution in [0.25, 0.3) is 27.8 Å². The Labute approximate surface area is 167 Å². The van der Waals surface area contributed by atoms with E-state index in [1.165, 1.54) is 6.33 Å². The second kappa shape index (κ2) is 6.61. The molecule has 0 atom stereocenters. The molecular weight excluding hydrogens is 444 g/mol. The monoisotopic (exact) mass is 451 g/mol. The van der Waals surface area contributed by atoms with E-state index < -0.39 is 0 Å². The summed E-state index contributed by atoms with van der Waals surface area (Å²) < 4.78 is 2.90. The van der Waals surface area contributed by atoms with Crippen LogP contribution in [0.5, 0.6) is 0 Å². The molecule has 0 spiro atoms. The molecule has 124 valence electrons. The first-order valence-electron chi connectivity index (χ1n) is 7.27. The van der Waals surface area contributed by atoms with Gasteiger partial charge in [-0.1, -0.05) is 62.9 Å². The van der Waals surface area contributed by atoms with Crippen molar-refractivity contribution in [2.45, 2.75) is 0 Å². The molecule has 4 aromatic rings. The highest BCUT2D eigenvalue weighted by Gasteiger charge is 2.17. The van der Waals surface area contributed by atoms with E-state index in [0.717, 1.165) is 26.7 Å². The highest BCUT2D eigenvalue weighted by Crippen LogP contribution is 2.37. The summed E-state index contributed by atoms with van der Waals surface area (Å²) in [6.07, 6.45) is 3.40. The fourth-order valence-corrected chi connectivity index (χ4v) is 3.73. The van der Waals surface area contributed by atoms with Gasteiger partial charge in [0.25, 0.3) is 0 Å². The molecule has 2 aromatic carbocycles. The number of fused-ring (bicyclic) bond motifs is 1. The van der Waals surface area contributed by atoms with Crippen molar-refractivity contribution in [3.8, 4) is 16.8 Å². The predicted octanol–water partition coefficient (Wildman–Crippen LogP) is 6.81. The van der Waals surface area contributed by atoms with Gasteiger partial charge in [-0.05, 0) is 35.9 Å². The van der Waals surface area contributed by atoms with Crippen LogP contribution in [0.15, 0.2) is 59.5 Å². The van der Waals surface area contributed by atoms with Gasteiger partial charge >= 0.3 is 0 Å². The second-order valence-electron chi connectivity index (χ2n) is 5.38. The average molecular weight is 454 g/mol. The van der Waals surface area contributed by atoms with Crippen LogP contribution in [-0.2, 0) is 0 Å². The van der Waals surface area contributed by atoms with Gasteiger partial charge in [0, 0.05) is 21.3 Å². The van der Waals surface area contributed by atoms with Crippen molar-refractivity contribution >= 4 is 61.8 Å². The van der Waals surface area contributed by atoms with Gasteiger partial charge in [-0.3, -0.25) is 4.57 Å². The highest BCUT2D eigenvalue weighted by atomic mass is 79.9. The van der Waals surface area contributed by atoms with Crippen molar-refractivity contribution in [1.82, 2.24) is 14.5 Å². The van der Waals surface area contributed by atoms with Crippen LogP contribution in [0, 0.1) is 0 Å². The number of hydrogen-bond acceptors (Lipinski definition) is 2. The van der Waals surface area contributed by atoms with Crippen molar-refractivity contribution in [1.29, 1.82) is 0 Å². The molecule has 0 saturated heterocycles. The highest BCUT2D eigenvalue weighted by molar-refractivity contribution is 9.10. The molecule has 7 heteroatoms. The summed E-state index contributed by atoms with van der Waals surface area (Å²) in [5.74, 6) is 0. The van der Waals surface area contributed by atoms with Gasteiger partial charge < -0.3 is 0 Å². The van der Waals surface area contributed by atoms with Crippen LogP contribution in [0.2, 0.25) is 15.2 Å². The van der Waals surface area contributed by atoms with E-state index in [-0.39, 0.29) is 0 Å². The topological polar surface area (TPSA) is 30.7 Å². The zero-order chi connectivity index (χ0) is 17.6. The van der Waals surface area contributed by atoms with Crippen molar-refractivity contribution in [3.63, 3.8) is 0 Å². The maximum Gasteiger partial charge on any atom is 0.150 e. The molecule has 2 aromatic heterocycles. The van der Waals surface area contributed by atoms with Gasteiger partial charge in [0.15, 0.2) is 0 Å². The first kappa shape index (κ1) is 16.9. The van der Waals surface area contributed by atoms with Gasteiger partial charge in [-0.2, -0.15) is 0 Å². The third-order valence-electron chi connectivity index (χ3n) is 3.86. The molecule has 0 N–H and O–H groups in total. The molecular formula is C18H9BrCl3N3. The first-order chi connectivity index (χ1) is 12.0. The summed E-state index contributed by atoms with van der Waals surface area (Å²) in [5, 5.41) is 2.27. The fraction of sp³-hybridized carbons (Fsp3) is 0. The number of halogens is 4. The predicted molar refractivity (Wildman–Crippen MR) is 107 cm³/mol. The summed E-state index contributed by atoms with van der Waals surface area (Å²) >= 11 is 22.2. The molecule has 0 aliphatic heterocycles. The quantitative estimate of drug-likeness (QED) is 0.312. The molecule has 0 fully saturated rings. The Morgan fingerprint density at radius 2 is 1.68 bits per heavy atom. The summed E-state index contributed by atoms with van der Waals surface area (Å²) in [6, 6.07) is 13.3. The Hall–Kier alpha value is -1.59. The van der Waals surface area contributed by atoms with Gasteiger partial charge in [0.05, 0.1) is 16.1 Å². The van der Waals surface area contributed by atoms with Crippen LogP contribution in [0.1, 0.15) is 0 Å². The summed E-state index contributed by atoms with van der Waals surface area (Å²) in [6.45, 7) is 0. The van der Waals surface area contributed by atoms with E-state index >= 15 is 0 Å². The Morgan fingerprint density at radius 3 is 2.40 bits per heavy atom. The zero-order valence-corrected chi connectivity index (χ0v) is 16.4. The molecule has 3 nitrogen and oxygen atoms in total. The number of aromatic nitrogens is 3. The third-order valence-corrected chi connectivity index (χ3v) is 5.21. The van der Waals surface area contributed by atoms with Crippen LogP contribution in [-0.4, -0.2) is 14.5 Å². The number of nitrogens with zero attached hydrogens (tertiary/aromatic N) is 3. The third kappa shape index (κ3) is 3.04. The minimum Gasteiger partial charge on any atom is -0.299 e. The number of hydrogen-bond donors (Lipinski definition) is 0.